The third-order valence-electron chi connectivity index (χ3n) is 3.69. The van der Waals surface area contributed by atoms with E-state index in [-0.39, 0.29) is 17.8 Å². The van der Waals surface area contributed by atoms with Crippen molar-refractivity contribution in [3.05, 3.63) is 35.7 Å². The minimum atomic E-state index is -4.49. The Morgan fingerprint density at radius 1 is 1.32 bits per heavy atom. The fraction of sp³-hybridized carbons (Fsp3) is 0.357. The van der Waals surface area contributed by atoms with E-state index < -0.39 is 23.6 Å². The van der Waals surface area contributed by atoms with Gasteiger partial charge in [0.1, 0.15) is 5.82 Å². The van der Waals surface area contributed by atoms with E-state index in [1.165, 1.54) is 22.9 Å². The van der Waals surface area contributed by atoms with E-state index in [9.17, 15) is 18.0 Å². The molecule has 0 saturated carbocycles. The van der Waals surface area contributed by atoms with Crippen molar-refractivity contribution < 1.29 is 23.1 Å². The van der Waals surface area contributed by atoms with Gasteiger partial charge in [0.15, 0.2) is 5.82 Å². The molecule has 1 aromatic carbocycles. The van der Waals surface area contributed by atoms with Crippen molar-refractivity contribution in [1.82, 2.24) is 14.8 Å². The number of carbonyl (C=O) groups is 1. The lowest BCUT2D eigenvalue weighted by molar-refractivity contribution is -0.142. The molecule has 0 amide bonds. The Bertz CT molecular complexity index is 724. The summed E-state index contributed by atoms with van der Waals surface area (Å²) in [6, 6.07) is 5.10. The van der Waals surface area contributed by atoms with Gasteiger partial charge in [-0.1, -0.05) is 18.2 Å². The van der Waals surface area contributed by atoms with Gasteiger partial charge in [-0.2, -0.15) is 18.3 Å². The van der Waals surface area contributed by atoms with E-state index in [0.29, 0.717) is 18.8 Å². The maximum Gasteiger partial charge on any atom is 0.417 e. The highest BCUT2D eigenvalue weighted by Gasteiger charge is 2.35. The predicted molar refractivity (Wildman–Crippen MR) is 69.9 cm³/mol. The first kappa shape index (κ1) is 14.6. The molecule has 5 nitrogen and oxygen atoms in total. The van der Waals surface area contributed by atoms with Gasteiger partial charge in [-0.15, -0.1) is 0 Å². The number of fused-ring (bicyclic) bond motifs is 1. The molecule has 0 spiro atoms. The maximum atomic E-state index is 13.0. The van der Waals surface area contributed by atoms with Crippen LogP contribution >= 0.6 is 0 Å². The lowest BCUT2D eigenvalue weighted by Crippen LogP contribution is -2.26. The van der Waals surface area contributed by atoms with Crippen LogP contribution in [0.1, 0.15) is 17.8 Å². The molecule has 0 bridgehead atoms. The van der Waals surface area contributed by atoms with E-state index in [2.05, 4.69) is 10.1 Å². The van der Waals surface area contributed by atoms with Crippen molar-refractivity contribution >= 4 is 5.97 Å². The Balaban J connectivity index is 2.01. The van der Waals surface area contributed by atoms with Gasteiger partial charge in [0.2, 0.25) is 0 Å². The quantitative estimate of drug-likeness (QED) is 0.925. The van der Waals surface area contributed by atoms with Crippen LogP contribution in [-0.2, 0) is 23.9 Å². The van der Waals surface area contributed by atoms with Gasteiger partial charge < -0.3 is 5.11 Å². The minimum Gasteiger partial charge on any atom is -0.481 e. The maximum absolute atomic E-state index is 13.0. The van der Waals surface area contributed by atoms with Gasteiger partial charge >= 0.3 is 12.1 Å². The zero-order valence-corrected chi connectivity index (χ0v) is 11.3. The number of benzene rings is 1. The third-order valence-corrected chi connectivity index (χ3v) is 3.69. The van der Waals surface area contributed by atoms with Crippen LogP contribution in [0.25, 0.3) is 11.4 Å². The molecule has 1 N–H and O–H groups in total. The van der Waals surface area contributed by atoms with Crippen molar-refractivity contribution in [3.63, 3.8) is 0 Å². The third kappa shape index (κ3) is 2.56. The van der Waals surface area contributed by atoms with E-state index in [1.807, 2.05) is 0 Å². The largest absolute Gasteiger partial charge is 0.481 e. The molecule has 1 aliphatic rings. The Morgan fingerprint density at radius 3 is 2.73 bits per heavy atom. The molecule has 1 unspecified atom stereocenters. The summed E-state index contributed by atoms with van der Waals surface area (Å²) in [6.45, 7) is 0.341. The summed E-state index contributed by atoms with van der Waals surface area (Å²) in [5, 5.41) is 13.1. The lowest BCUT2D eigenvalue weighted by Gasteiger charge is -2.17. The van der Waals surface area contributed by atoms with Crippen molar-refractivity contribution in [2.45, 2.75) is 25.6 Å². The highest BCUT2D eigenvalue weighted by molar-refractivity contribution is 5.70. The molecule has 1 atom stereocenters. The van der Waals surface area contributed by atoms with Gasteiger partial charge in [-0.25, -0.2) is 9.67 Å². The molecule has 1 aromatic heterocycles. The Hall–Kier alpha value is -2.38. The zero-order valence-electron chi connectivity index (χ0n) is 11.3. The van der Waals surface area contributed by atoms with E-state index >= 15 is 0 Å². The number of rotatable bonds is 2. The summed E-state index contributed by atoms with van der Waals surface area (Å²) in [6.07, 6.45) is -3.92. The highest BCUT2D eigenvalue weighted by Crippen LogP contribution is 2.36. The second-order valence-corrected chi connectivity index (χ2v) is 5.15. The number of hydrogen-bond acceptors (Lipinski definition) is 3. The average Bonchev–Trinajstić information content (AvgIpc) is 2.89. The van der Waals surface area contributed by atoms with Crippen LogP contribution in [0, 0.1) is 5.92 Å². The summed E-state index contributed by atoms with van der Waals surface area (Å²) in [7, 11) is 0. The standard InChI is InChI=1S/C14H12F3N3O2/c15-14(16,17)10-4-2-1-3-9(10)12-18-11-7-8(13(21)22)5-6-20(11)19-12/h1-4,8H,5-7H2,(H,21,22). The van der Waals surface area contributed by atoms with Crippen LogP contribution in [-0.4, -0.2) is 25.8 Å². The molecular weight excluding hydrogens is 299 g/mol. The summed E-state index contributed by atoms with van der Waals surface area (Å²) >= 11 is 0. The van der Waals surface area contributed by atoms with Crippen molar-refractivity contribution in [3.8, 4) is 11.4 Å². The molecule has 0 radical (unpaired) electrons. The molecule has 0 aliphatic carbocycles. The zero-order chi connectivity index (χ0) is 15.9. The number of aryl methyl sites for hydroxylation is 1. The smallest absolute Gasteiger partial charge is 0.417 e. The monoisotopic (exact) mass is 311 g/mol. The molecule has 1 aliphatic heterocycles. The fourth-order valence-electron chi connectivity index (χ4n) is 2.56. The predicted octanol–water partition coefficient (Wildman–Crippen LogP) is 2.61. The molecule has 3 rings (SSSR count). The first-order valence-corrected chi connectivity index (χ1v) is 6.69. The van der Waals surface area contributed by atoms with E-state index in [1.54, 1.807) is 0 Å². The number of carboxylic acid groups (broad SMARTS) is 1. The summed E-state index contributed by atoms with van der Waals surface area (Å²) < 4.78 is 40.6. The fourth-order valence-corrected chi connectivity index (χ4v) is 2.56. The highest BCUT2D eigenvalue weighted by atomic mass is 19.4. The SMILES string of the molecule is O=C(O)C1CCn2nc(-c3ccccc3C(F)(F)F)nc2C1. The van der Waals surface area contributed by atoms with Crippen molar-refractivity contribution in [1.29, 1.82) is 0 Å². The lowest BCUT2D eigenvalue weighted by atomic mass is 9.98. The van der Waals surface area contributed by atoms with E-state index in [0.717, 1.165) is 6.07 Å². The Morgan fingerprint density at radius 2 is 2.05 bits per heavy atom. The van der Waals surface area contributed by atoms with Crippen LogP contribution in [0.5, 0.6) is 0 Å². The number of aliphatic carboxylic acids is 1. The minimum absolute atomic E-state index is 0.0195. The van der Waals surface area contributed by atoms with Crippen LogP contribution < -0.4 is 0 Å². The van der Waals surface area contributed by atoms with Gasteiger partial charge in [-0.05, 0) is 12.5 Å². The topological polar surface area (TPSA) is 68.0 Å². The van der Waals surface area contributed by atoms with Gasteiger partial charge in [-0.3, -0.25) is 4.79 Å². The second kappa shape index (κ2) is 5.11. The van der Waals surface area contributed by atoms with Crippen molar-refractivity contribution in [2.24, 2.45) is 5.92 Å². The first-order chi connectivity index (χ1) is 10.4. The van der Waals surface area contributed by atoms with E-state index in [4.69, 9.17) is 5.11 Å². The molecule has 116 valence electrons. The van der Waals surface area contributed by atoms with Gasteiger partial charge in [0, 0.05) is 18.5 Å². The van der Waals surface area contributed by atoms with Crippen LogP contribution in [0.4, 0.5) is 13.2 Å². The molecule has 0 fully saturated rings. The average molecular weight is 311 g/mol. The first-order valence-electron chi connectivity index (χ1n) is 6.69. The number of alkyl halides is 3. The number of hydrogen-bond donors (Lipinski definition) is 1. The van der Waals surface area contributed by atoms with Crippen molar-refractivity contribution in [2.75, 3.05) is 0 Å². The normalized spacial score (nSPS) is 18.0. The molecular formula is C14H12F3N3O2. The molecule has 8 heteroatoms. The van der Waals surface area contributed by atoms with Crippen LogP contribution in [0.15, 0.2) is 24.3 Å². The summed E-state index contributed by atoms with van der Waals surface area (Å²) in [5.74, 6) is -1.10. The molecule has 2 heterocycles. The van der Waals surface area contributed by atoms with Crippen LogP contribution in [0.3, 0.4) is 0 Å². The Labute approximate surface area is 123 Å². The van der Waals surface area contributed by atoms with Gasteiger partial charge in [0.05, 0.1) is 11.5 Å². The molecule has 22 heavy (non-hydrogen) atoms. The number of halogens is 3. The summed E-state index contributed by atoms with van der Waals surface area (Å²) in [4.78, 5) is 15.1. The Kier molecular flexibility index (Phi) is 3.38. The number of carboxylic acids is 1. The number of nitrogens with zero attached hydrogens (tertiary/aromatic N) is 3. The summed E-state index contributed by atoms with van der Waals surface area (Å²) in [5.41, 5.74) is -0.892. The second-order valence-electron chi connectivity index (χ2n) is 5.15. The van der Waals surface area contributed by atoms with Gasteiger partial charge in [0.25, 0.3) is 0 Å². The molecule has 0 saturated heterocycles. The van der Waals surface area contributed by atoms with Crippen LogP contribution in [0.2, 0.25) is 0 Å². The molecule has 2 aromatic rings. The number of aromatic nitrogens is 3.